The Morgan fingerprint density at radius 1 is 1.43 bits per heavy atom. The van der Waals surface area contributed by atoms with E-state index in [2.05, 4.69) is 26.6 Å². The number of hydrogen-bond acceptors (Lipinski definition) is 5. The molecule has 1 amide bonds. The molecule has 3 atom stereocenters. The smallest absolute Gasteiger partial charge is 0.223 e. The van der Waals surface area contributed by atoms with Gasteiger partial charge in [0.25, 0.3) is 0 Å². The molecule has 7 heteroatoms. The van der Waals surface area contributed by atoms with E-state index in [0.29, 0.717) is 13.0 Å². The van der Waals surface area contributed by atoms with Gasteiger partial charge in [-0.05, 0) is 37.6 Å². The van der Waals surface area contributed by atoms with Crippen LogP contribution in [0.1, 0.15) is 55.8 Å². The van der Waals surface area contributed by atoms with Gasteiger partial charge in [0, 0.05) is 36.8 Å². The molecule has 152 valence electrons. The minimum Gasteiger partial charge on any atom is -0.388 e. The van der Waals surface area contributed by atoms with Crippen LogP contribution in [0, 0.1) is 5.92 Å². The van der Waals surface area contributed by atoms with Crippen LogP contribution in [0.4, 0.5) is 0 Å². The van der Waals surface area contributed by atoms with Gasteiger partial charge in [0.05, 0.1) is 24.2 Å². The average molecular weight is 403 g/mol. The molecule has 2 aromatic heterocycles. The number of carbonyl (C=O) groups excluding carboxylic acids is 1. The van der Waals surface area contributed by atoms with Crippen LogP contribution in [-0.2, 0) is 18.4 Å². The summed E-state index contributed by atoms with van der Waals surface area (Å²) < 4.78 is 2.03. The summed E-state index contributed by atoms with van der Waals surface area (Å²) in [6.45, 7) is 3.32. The summed E-state index contributed by atoms with van der Waals surface area (Å²) in [5.41, 5.74) is -0.943. The van der Waals surface area contributed by atoms with Crippen molar-refractivity contribution in [2.24, 2.45) is 13.0 Å². The Morgan fingerprint density at radius 2 is 2.21 bits per heavy atom. The normalized spacial score (nSPS) is 29.2. The maximum atomic E-state index is 12.9. The fourth-order valence-electron chi connectivity index (χ4n) is 4.62. The number of likely N-dealkylation sites (tertiary alicyclic amines) is 1. The molecule has 1 aliphatic heterocycles. The number of nitrogens with one attached hydrogen (secondary N) is 1. The van der Waals surface area contributed by atoms with Crippen molar-refractivity contribution < 1.29 is 9.90 Å². The Labute approximate surface area is 170 Å². The fraction of sp³-hybridized carbons (Fsp3) is 0.619. The molecule has 6 nitrogen and oxygen atoms in total. The topological polar surface area (TPSA) is 70.4 Å². The number of thiophene rings is 1. The van der Waals surface area contributed by atoms with E-state index in [1.807, 2.05) is 37.0 Å². The SMILES string of the molecule is Cn1ccnc1CN1CCC(C)(O)C(NC(=O)C2CCCC2)C1c1cccs1. The first-order chi connectivity index (χ1) is 13.5. The highest BCUT2D eigenvalue weighted by Gasteiger charge is 2.47. The second-order valence-corrected chi connectivity index (χ2v) is 9.44. The van der Waals surface area contributed by atoms with E-state index in [1.54, 1.807) is 11.3 Å². The molecule has 1 aliphatic carbocycles. The number of rotatable bonds is 5. The predicted octanol–water partition coefficient (Wildman–Crippen LogP) is 2.85. The van der Waals surface area contributed by atoms with Crippen LogP contribution in [0.3, 0.4) is 0 Å². The number of imidazole rings is 1. The average Bonchev–Trinajstić information content (AvgIpc) is 3.41. The van der Waals surface area contributed by atoms with Crippen molar-refractivity contribution in [3.05, 3.63) is 40.6 Å². The summed E-state index contributed by atoms with van der Waals surface area (Å²) in [4.78, 5) is 21.0. The Hall–Kier alpha value is -1.70. The molecule has 1 saturated carbocycles. The summed E-state index contributed by atoms with van der Waals surface area (Å²) in [7, 11) is 2.00. The van der Waals surface area contributed by atoms with Gasteiger partial charge in [-0.15, -0.1) is 11.3 Å². The quantitative estimate of drug-likeness (QED) is 0.807. The number of nitrogens with zero attached hydrogens (tertiary/aromatic N) is 3. The lowest BCUT2D eigenvalue weighted by molar-refractivity contribution is -0.132. The second kappa shape index (κ2) is 7.97. The van der Waals surface area contributed by atoms with Crippen LogP contribution in [-0.4, -0.2) is 43.7 Å². The van der Waals surface area contributed by atoms with Gasteiger partial charge < -0.3 is 15.0 Å². The molecule has 0 spiro atoms. The predicted molar refractivity (Wildman–Crippen MR) is 110 cm³/mol. The van der Waals surface area contributed by atoms with E-state index < -0.39 is 5.60 Å². The van der Waals surface area contributed by atoms with Crippen LogP contribution in [0.2, 0.25) is 0 Å². The third-order valence-corrected chi connectivity index (χ3v) is 7.35. The summed E-state index contributed by atoms with van der Waals surface area (Å²) in [5.74, 6) is 1.18. The molecule has 1 saturated heterocycles. The molecule has 2 fully saturated rings. The molecule has 2 N–H and O–H groups in total. The summed E-state index contributed by atoms with van der Waals surface area (Å²) in [6.07, 6.45) is 8.55. The molecule has 4 rings (SSSR count). The molecule has 28 heavy (non-hydrogen) atoms. The molecule has 0 bridgehead atoms. The molecule has 2 aliphatic rings. The summed E-state index contributed by atoms with van der Waals surface area (Å²) in [6, 6.07) is 3.74. The third-order valence-electron chi connectivity index (χ3n) is 6.41. The monoisotopic (exact) mass is 402 g/mol. The number of hydrogen-bond donors (Lipinski definition) is 2. The van der Waals surface area contributed by atoms with E-state index in [4.69, 9.17) is 0 Å². The van der Waals surface area contributed by atoms with Crippen LogP contribution < -0.4 is 5.32 Å². The number of amides is 1. The van der Waals surface area contributed by atoms with Gasteiger partial charge in [-0.2, -0.15) is 0 Å². The van der Waals surface area contributed by atoms with Crippen molar-refractivity contribution in [2.45, 2.75) is 63.3 Å². The lowest BCUT2D eigenvalue weighted by Crippen LogP contribution is -2.62. The van der Waals surface area contributed by atoms with Crippen molar-refractivity contribution in [1.29, 1.82) is 0 Å². The van der Waals surface area contributed by atoms with Gasteiger partial charge in [0.15, 0.2) is 0 Å². The van der Waals surface area contributed by atoms with E-state index in [-0.39, 0.29) is 23.9 Å². The minimum atomic E-state index is -0.943. The van der Waals surface area contributed by atoms with Crippen molar-refractivity contribution >= 4 is 17.2 Å². The van der Waals surface area contributed by atoms with E-state index in [0.717, 1.165) is 38.1 Å². The molecular formula is C21H30N4O2S. The zero-order chi connectivity index (χ0) is 19.7. The van der Waals surface area contributed by atoms with E-state index >= 15 is 0 Å². The number of carbonyl (C=O) groups is 1. The molecule has 0 aromatic carbocycles. The molecule has 3 unspecified atom stereocenters. The number of aromatic nitrogens is 2. The standard InChI is InChI=1S/C21H30N4O2S/c1-21(27)9-11-25(14-17-22-10-12-24(17)2)18(16-8-5-13-28-16)19(21)23-20(26)15-6-3-4-7-15/h5,8,10,12-13,15,18-19,27H,3-4,6-7,9,11,14H2,1-2H3,(H,23,26). The van der Waals surface area contributed by atoms with Gasteiger partial charge in [-0.3, -0.25) is 9.69 Å². The van der Waals surface area contributed by atoms with Crippen molar-refractivity contribution in [1.82, 2.24) is 19.8 Å². The van der Waals surface area contributed by atoms with Crippen LogP contribution in [0.5, 0.6) is 0 Å². The van der Waals surface area contributed by atoms with Gasteiger partial charge in [-0.25, -0.2) is 4.98 Å². The number of aryl methyl sites for hydroxylation is 1. The van der Waals surface area contributed by atoms with Crippen molar-refractivity contribution in [3.8, 4) is 0 Å². The zero-order valence-electron chi connectivity index (χ0n) is 16.7. The fourth-order valence-corrected chi connectivity index (χ4v) is 5.52. The highest BCUT2D eigenvalue weighted by Crippen LogP contribution is 2.40. The van der Waals surface area contributed by atoms with Gasteiger partial charge in [0.1, 0.15) is 5.82 Å². The van der Waals surface area contributed by atoms with Crippen molar-refractivity contribution in [2.75, 3.05) is 6.54 Å². The molecule has 0 radical (unpaired) electrons. The third kappa shape index (κ3) is 3.88. The van der Waals surface area contributed by atoms with Crippen molar-refractivity contribution in [3.63, 3.8) is 0 Å². The van der Waals surface area contributed by atoms with Gasteiger partial charge in [0.2, 0.25) is 5.91 Å². The van der Waals surface area contributed by atoms with Crippen LogP contribution >= 0.6 is 11.3 Å². The first-order valence-corrected chi connectivity index (χ1v) is 11.1. The van der Waals surface area contributed by atoms with Gasteiger partial charge >= 0.3 is 0 Å². The first-order valence-electron chi connectivity index (χ1n) is 10.2. The maximum absolute atomic E-state index is 12.9. The molecule has 2 aromatic rings. The largest absolute Gasteiger partial charge is 0.388 e. The Balaban J connectivity index is 1.63. The number of aliphatic hydroxyl groups is 1. The Bertz CT molecular complexity index is 795. The Morgan fingerprint density at radius 3 is 2.86 bits per heavy atom. The van der Waals surface area contributed by atoms with E-state index in [9.17, 15) is 9.90 Å². The lowest BCUT2D eigenvalue weighted by Gasteiger charge is -2.48. The summed E-state index contributed by atoms with van der Waals surface area (Å²) >= 11 is 1.68. The maximum Gasteiger partial charge on any atom is 0.223 e. The lowest BCUT2D eigenvalue weighted by atomic mass is 9.81. The first kappa shape index (κ1) is 19.6. The molecular weight excluding hydrogens is 372 g/mol. The minimum absolute atomic E-state index is 0.0641. The molecule has 3 heterocycles. The van der Waals surface area contributed by atoms with Crippen LogP contribution in [0.25, 0.3) is 0 Å². The highest BCUT2D eigenvalue weighted by molar-refractivity contribution is 7.10. The van der Waals surface area contributed by atoms with E-state index in [1.165, 1.54) is 4.88 Å². The highest BCUT2D eigenvalue weighted by atomic mass is 32.1. The zero-order valence-corrected chi connectivity index (χ0v) is 17.5. The second-order valence-electron chi connectivity index (χ2n) is 8.46. The van der Waals surface area contributed by atoms with Crippen LogP contribution in [0.15, 0.2) is 29.9 Å². The van der Waals surface area contributed by atoms with Gasteiger partial charge in [-0.1, -0.05) is 18.9 Å². The Kier molecular flexibility index (Phi) is 5.58. The summed E-state index contributed by atoms with van der Waals surface area (Å²) in [5, 5.41) is 16.6. The number of piperidine rings is 1.